The van der Waals surface area contributed by atoms with Crippen LogP contribution in [0.15, 0.2) is 18.2 Å². The van der Waals surface area contributed by atoms with Crippen LogP contribution in [0.3, 0.4) is 0 Å². The SMILES string of the molecule is Cc1nc(C(C)N)nc2cc(C(F)(F)F)ccc12. The molecule has 1 unspecified atom stereocenters. The van der Waals surface area contributed by atoms with Gasteiger partial charge in [-0.15, -0.1) is 0 Å². The van der Waals surface area contributed by atoms with Crippen molar-refractivity contribution in [3.8, 4) is 0 Å². The Bertz CT molecular complexity index is 591. The molecule has 0 amide bonds. The number of aromatic nitrogens is 2. The van der Waals surface area contributed by atoms with E-state index in [1.165, 1.54) is 6.07 Å². The monoisotopic (exact) mass is 255 g/mol. The number of halogens is 3. The highest BCUT2D eigenvalue weighted by atomic mass is 19.4. The lowest BCUT2D eigenvalue weighted by atomic mass is 10.1. The van der Waals surface area contributed by atoms with Crippen LogP contribution in [-0.2, 0) is 6.18 Å². The molecule has 96 valence electrons. The molecule has 1 atom stereocenters. The fraction of sp³-hybridized carbons (Fsp3) is 0.333. The van der Waals surface area contributed by atoms with Gasteiger partial charge in [0.05, 0.1) is 17.1 Å². The molecule has 2 rings (SSSR count). The smallest absolute Gasteiger partial charge is 0.322 e. The van der Waals surface area contributed by atoms with Gasteiger partial charge in [-0.25, -0.2) is 9.97 Å². The van der Waals surface area contributed by atoms with E-state index in [2.05, 4.69) is 9.97 Å². The Labute approximate surface area is 102 Å². The molecule has 0 aliphatic carbocycles. The van der Waals surface area contributed by atoms with E-state index in [4.69, 9.17) is 5.73 Å². The molecule has 0 fully saturated rings. The molecule has 18 heavy (non-hydrogen) atoms. The van der Waals surface area contributed by atoms with E-state index in [1.807, 2.05) is 0 Å². The molecular weight excluding hydrogens is 243 g/mol. The van der Waals surface area contributed by atoms with Crippen molar-refractivity contribution in [1.29, 1.82) is 0 Å². The Morgan fingerprint density at radius 3 is 2.44 bits per heavy atom. The first-order valence-corrected chi connectivity index (χ1v) is 5.40. The van der Waals surface area contributed by atoms with Gasteiger partial charge in [-0.05, 0) is 26.0 Å². The van der Waals surface area contributed by atoms with Gasteiger partial charge in [0.15, 0.2) is 0 Å². The van der Waals surface area contributed by atoms with Gasteiger partial charge in [-0.3, -0.25) is 0 Å². The molecule has 2 aromatic rings. The molecule has 2 N–H and O–H groups in total. The summed E-state index contributed by atoms with van der Waals surface area (Å²) in [5.74, 6) is 0.347. The van der Waals surface area contributed by atoms with Crippen LogP contribution in [0, 0.1) is 6.92 Å². The lowest BCUT2D eigenvalue weighted by molar-refractivity contribution is -0.137. The standard InChI is InChI=1S/C12H12F3N3/c1-6(16)11-17-7(2)9-4-3-8(12(13,14)15)5-10(9)18-11/h3-6H,16H2,1-2H3. The van der Waals surface area contributed by atoms with Crippen LogP contribution in [0.5, 0.6) is 0 Å². The zero-order valence-corrected chi connectivity index (χ0v) is 9.92. The predicted octanol–water partition coefficient (Wildman–Crippen LogP) is 2.98. The van der Waals surface area contributed by atoms with Crippen LogP contribution in [0.25, 0.3) is 10.9 Å². The van der Waals surface area contributed by atoms with Gasteiger partial charge < -0.3 is 5.73 Å². The van der Waals surface area contributed by atoms with E-state index >= 15 is 0 Å². The third-order valence-corrected chi connectivity index (χ3v) is 2.64. The second-order valence-corrected chi connectivity index (χ2v) is 4.19. The van der Waals surface area contributed by atoms with Gasteiger partial charge in [-0.2, -0.15) is 13.2 Å². The first kappa shape index (κ1) is 12.8. The Morgan fingerprint density at radius 2 is 1.89 bits per heavy atom. The number of hydrogen-bond donors (Lipinski definition) is 1. The second kappa shape index (κ2) is 4.20. The van der Waals surface area contributed by atoms with Crippen molar-refractivity contribution in [2.45, 2.75) is 26.1 Å². The van der Waals surface area contributed by atoms with Gasteiger partial charge in [-0.1, -0.05) is 6.07 Å². The van der Waals surface area contributed by atoms with Gasteiger partial charge in [0.1, 0.15) is 5.82 Å². The molecule has 0 aliphatic rings. The molecule has 0 spiro atoms. The van der Waals surface area contributed by atoms with E-state index in [0.717, 1.165) is 12.1 Å². The maximum absolute atomic E-state index is 12.6. The third-order valence-electron chi connectivity index (χ3n) is 2.64. The third kappa shape index (κ3) is 2.28. The molecule has 0 saturated heterocycles. The number of nitrogens with zero attached hydrogens (tertiary/aromatic N) is 2. The van der Waals surface area contributed by atoms with Crippen molar-refractivity contribution in [3.05, 3.63) is 35.3 Å². The van der Waals surface area contributed by atoms with Crippen LogP contribution < -0.4 is 5.73 Å². The molecule has 0 radical (unpaired) electrons. The first-order chi connectivity index (χ1) is 8.29. The van der Waals surface area contributed by atoms with E-state index < -0.39 is 17.8 Å². The van der Waals surface area contributed by atoms with Crippen molar-refractivity contribution in [3.63, 3.8) is 0 Å². The van der Waals surface area contributed by atoms with Crippen LogP contribution in [-0.4, -0.2) is 9.97 Å². The van der Waals surface area contributed by atoms with Crippen LogP contribution in [0.2, 0.25) is 0 Å². The summed E-state index contributed by atoms with van der Waals surface area (Å²) in [5, 5.41) is 0.604. The van der Waals surface area contributed by atoms with Gasteiger partial charge in [0, 0.05) is 11.1 Å². The second-order valence-electron chi connectivity index (χ2n) is 4.19. The Kier molecular flexibility index (Phi) is 2.98. The molecule has 3 nitrogen and oxygen atoms in total. The minimum atomic E-state index is -4.37. The number of aryl methyl sites for hydroxylation is 1. The number of hydrogen-bond acceptors (Lipinski definition) is 3. The van der Waals surface area contributed by atoms with Crippen molar-refractivity contribution in [2.75, 3.05) is 0 Å². The normalized spacial score (nSPS) is 13.9. The summed E-state index contributed by atoms with van der Waals surface area (Å²) in [4.78, 5) is 8.25. The molecule has 6 heteroatoms. The minimum absolute atomic E-state index is 0.268. The van der Waals surface area contributed by atoms with Gasteiger partial charge in [0.2, 0.25) is 0 Å². The Balaban J connectivity index is 2.68. The summed E-state index contributed by atoms with van der Waals surface area (Å²) in [6.07, 6.45) is -4.37. The van der Waals surface area contributed by atoms with E-state index in [0.29, 0.717) is 16.9 Å². The highest BCUT2D eigenvalue weighted by Gasteiger charge is 2.30. The average Bonchev–Trinajstić information content (AvgIpc) is 2.26. The van der Waals surface area contributed by atoms with E-state index in [9.17, 15) is 13.2 Å². The van der Waals surface area contributed by atoms with Crippen molar-refractivity contribution in [1.82, 2.24) is 9.97 Å². The minimum Gasteiger partial charge on any atom is -0.322 e. The number of benzene rings is 1. The molecule has 0 aliphatic heterocycles. The maximum Gasteiger partial charge on any atom is 0.416 e. The van der Waals surface area contributed by atoms with Crippen LogP contribution in [0.1, 0.15) is 30.0 Å². The van der Waals surface area contributed by atoms with Gasteiger partial charge in [0.25, 0.3) is 0 Å². The number of nitrogens with two attached hydrogens (primary N) is 1. The fourth-order valence-corrected chi connectivity index (χ4v) is 1.69. The summed E-state index contributed by atoms with van der Waals surface area (Å²) in [6.45, 7) is 3.41. The van der Waals surface area contributed by atoms with Gasteiger partial charge >= 0.3 is 6.18 Å². The summed E-state index contributed by atoms with van der Waals surface area (Å²) in [7, 11) is 0. The van der Waals surface area contributed by atoms with E-state index in [1.54, 1.807) is 13.8 Å². The number of fused-ring (bicyclic) bond motifs is 1. The van der Waals surface area contributed by atoms with Crippen LogP contribution >= 0.6 is 0 Å². The zero-order valence-electron chi connectivity index (χ0n) is 9.92. The zero-order chi connectivity index (χ0) is 13.5. The Morgan fingerprint density at radius 1 is 1.22 bits per heavy atom. The molecule has 1 aromatic heterocycles. The predicted molar refractivity (Wildman–Crippen MR) is 61.9 cm³/mol. The quantitative estimate of drug-likeness (QED) is 0.852. The highest BCUT2D eigenvalue weighted by Crippen LogP contribution is 2.31. The van der Waals surface area contributed by atoms with Crippen molar-refractivity contribution >= 4 is 10.9 Å². The summed E-state index contributed by atoms with van der Waals surface area (Å²) < 4.78 is 37.8. The molecule has 1 aromatic carbocycles. The Hall–Kier alpha value is -1.69. The number of rotatable bonds is 1. The summed E-state index contributed by atoms with van der Waals surface area (Å²) in [6, 6.07) is 3.03. The molecule has 1 heterocycles. The highest BCUT2D eigenvalue weighted by molar-refractivity contribution is 5.81. The van der Waals surface area contributed by atoms with Crippen molar-refractivity contribution < 1.29 is 13.2 Å². The topological polar surface area (TPSA) is 51.8 Å². The first-order valence-electron chi connectivity index (χ1n) is 5.40. The summed E-state index contributed by atoms with van der Waals surface area (Å²) in [5.41, 5.74) is 5.83. The maximum atomic E-state index is 12.6. The van der Waals surface area contributed by atoms with Crippen molar-refractivity contribution in [2.24, 2.45) is 5.73 Å². The lowest BCUT2D eigenvalue weighted by Gasteiger charge is -2.11. The average molecular weight is 255 g/mol. The fourth-order valence-electron chi connectivity index (χ4n) is 1.69. The number of alkyl halides is 3. The molecule has 0 saturated carbocycles. The van der Waals surface area contributed by atoms with E-state index in [-0.39, 0.29) is 5.52 Å². The van der Waals surface area contributed by atoms with Crippen LogP contribution in [0.4, 0.5) is 13.2 Å². The largest absolute Gasteiger partial charge is 0.416 e. The summed E-state index contributed by atoms with van der Waals surface area (Å²) >= 11 is 0. The molecular formula is C12H12F3N3. The molecule has 0 bridgehead atoms. The lowest BCUT2D eigenvalue weighted by Crippen LogP contribution is -2.11.